The van der Waals surface area contributed by atoms with Gasteiger partial charge < -0.3 is 4.57 Å². The molecule has 4 nitrogen and oxygen atoms in total. The highest BCUT2D eigenvalue weighted by Gasteiger charge is 2.20. The lowest BCUT2D eigenvalue weighted by Crippen LogP contribution is -2.04. The number of fused-ring (bicyclic) bond motifs is 10. The highest BCUT2D eigenvalue weighted by Crippen LogP contribution is 2.40. The molecule has 11 aromatic rings. The van der Waals surface area contributed by atoms with Crippen molar-refractivity contribution in [3.05, 3.63) is 170 Å². The fourth-order valence-electron chi connectivity index (χ4n) is 8.05. The lowest BCUT2D eigenvalue weighted by molar-refractivity contribution is 1.01. The molecule has 0 atom stereocenters. The van der Waals surface area contributed by atoms with E-state index in [1.807, 2.05) is 0 Å². The molecule has 3 aromatic heterocycles. The molecule has 3 heterocycles. The summed E-state index contributed by atoms with van der Waals surface area (Å²) in [6.45, 7) is 0. The molecule has 8 aromatic carbocycles. The maximum atomic E-state index is 5.44. The molecule has 0 aliphatic carbocycles. The molecule has 0 aliphatic heterocycles. The average molecular weight is 637 g/mol. The summed E-state index contributed by atoms with van der Waals surface area (Å²) in [4.78, 5) is 10.7. The summed E-state index contributed by atoms with van der Waals surface area (Å²) in [7, 11) is 0. The first-order valence-corrected chi connectivity index (χ1v) is 17.0. The molecule has 232 valence electrons. The fourth-order valence-corrected chi connectivity index (χ4v) is 8.05. The van der Waals surface area contributed by atoms with Crippen LogP contribution in [0.2, 0.25) is 0 Å². The van der Waals surface area contributed by atoms with Crippen LogP contribution in [0.3, 0.4) is 0 Å². The maximum Gasteiger partial charge on any atom is 0.235 e. The Bertz CT molecular complexity index is 3110. The predicted octanol–water partition coefficient (Wildman–Crippen LogP) is 11.8. The van der Waals surface area contributed by atoms with Crippen molar-refractivity contribution in [2.24, 2.45) is 0 Å². The molecular weight excluding hydrogens is 609 g/mol. The summed E-state index contributed by atoms with van der Waals surface area (Å²) in [6.07, 6.45) is 0. The minimum absolute atomic E-state index is 0.654. The summed E-state index contributed by atoms with van der Waals surface area (Å²) in [6, 6.07) is 60.7. The van der Waals surface area contributed by atoms with Gasteiger partial charge in [-0.2, -0.15) is 0 Å². The monoisotopic (exact) mass is 636 g/mol. The third-order valence-electron chi connectivity index (χ3n) is 10.3. The first-order chi connectivity index (χ1) is 24.8. The minimum Gasteiger partial charge on any atom is -0.309 e. The highest BCUT2D eigenvalue weighted by atomic mass is 15.2. The van der Waals surface area contributed by atoms with E-state index in [9.17, 15) is 0 Å². The topological polar surface area (TPSA) is 35.6 Å². The van der Waals surface area contributed by atoms with Gasteiger partial charge in [0.2, 0.25) is 5.95 Å². The molecule has 0 saturated carbocycles. The molecule has 50 heavy (non-hydrogen) atoms. The molecule has 0 saturated heterocycles. The second-order valence-electron chi connectivity index (χ2n) is 13.0. The van der Waals surface area contributed by atoms with Crippen LogP contribution in [0.25, 0.3) is 99.0 Å². The second-order valence-corrected chi connectivity index (χ2v) is 13.0. The van der Waals surface area contributed by atoms with E-state index in [2.05, 4.69) is 179 Å². The zero-order chi connectivity index (χ0) is 32.8. The second kappa shape index (κ2) is 10.4. The van der Waals surface area contributed by atoms with Crippen molar-refractivity contribution in [2.75, 3.05) is 0 Å². The van der Waals surface area contributed by atoms with Crippen LogP contribution in [-0.4, -0.2) is 19.1 Å². The highest BCUT2D eigenvalue weighted by molar-refractivity contribution is 6.21. The van der Waals surface area contributed by atoms with Crippen molar-refractivity contribution in [1.29, 1.82) is 0 Å². The van der Waals surface area contributed by atoms with Gasteiger partial charge in [-0.15, -0.1) is 0 Å². The van der Waals surface area contributed by atoms with Gasteiger partial charge in [-0.05, 0) is 64.0 Å². The summed E-state index contributed by atoms with van der Waals surface area (Å²) < 4.78 is 4.65. The molecule has 11 rings (SSSR count). The maximum absolute atomic E-state index is 5.44. The molecule has 0 aliphatic rings. The Kier molecular flexibility index (Phi) is 5.63. The Morgan fingerprint density at radius 1 is 0.360 bits per heavy atom. The van der Waals surface area contributed by atoms with Gasteiger partial charge in [-0.1, -0.05) is 127 Å². The molecule has 0 amide bonds. The number of aromatic nitrogens is 4. The Morgan fingerprint density at radius 3 is 1.80 bits per heavy atom. The molecule has 0 fully saturated rings. The number of nitrogens with zero attached hydrogens (tertiary/aromatic N) is 4. The lowest BCUT2D eigenvalue weighted by Gasteiger charge is -2.13. The number of benzene rings is 8. The lowest BCUT2D eigenvalue weighted by atomic mass is 10.0. The van der Waals surface area contributed by atoms with Crippen molar-refractivity contribution in [3.63, 3.8) is 0 Å². The SMILES string of the molecule is c1ccc2cc(-c3nc(-n4c5cc(-n6c7ccccc7c7ccccc76)ccc5c5c6ccccc6ccc54)nc4ccccc34)ccc2c1. The molecular formula is C46H28N4. The summed E-state index contributed by atoms with van der Waals surface area (Å²) in [5.74, 6) is 0.654. The van der Waals surface area contributed by atoms with Crippen molar-refractivity contribution < 1.29 is 0 Å². The molecule has 0 bridgehead atoms. The van der Waals surface area contributed by atoms with Gasteiger partial charge in [0.25, 0.3) is 0 Å². The van der Waals surface area contributed by atoms with E-state index in [-0.39, 0.29) is 0 Å². The quantitative estimate of drug-likeness (QED) is 0.193. The van der Waals surface area contributed by atoms with Gasteiger partial charge >= 0.3 is 0 Å². The van der Waals surface area contributed by atoms with Crippen LogP contribution in [0.1, 0.15) is 0 Å². The van der Waals surface area contributed by atoms with E-state index in [0.29, 0.717) is 5.95 Å². The van der Waals surface area contributed by atoms with Crippen LogP contribution < -0.4 is 0 Å². The summed E-state index contributed by atoms with van der Waals surface area (Å²) in [5, 5.41) is 10.7. The van der Waals surface area contributed by atoms with Crippen molar-refractivity contribution >= 4 is 76.1 Å². The van der Waals surface area contributed by atoms with E-state index in [1.54, 1.807) is 0 Å². The van der Waals surface area contributed by atoms with Crippen LogP contribution >= 0.6 is 0 Å². The first kappa shape index (κ1) is 27.2. The van der Waals surface area contributed by atoms with Crippen LogP contribution in [-0.2, 0) is 0 Å². The predicted molar refractivity (Wildman–Crippen MR) is 209 cm³/mol. The number of rotatable bonds is 3. The molecule has 0 unspecified atom stereocenters. The van der Waals surface area contributed by atoms with Gasteiger partial charge in [-0.3, -0.25) is 4.57 Å². The smallest absolute Gasteiger partial charge is 0.235 e. The number of hydrogen-bond donors (Lipinski definition) is 0. The van der Waals surface area contributed by atoms with Crippen molar-refractivity contribution in [3.8, 4) is 22.9 Å². The van der Waals surface area contributed by atoms with Gasteiger partial charge in [0.05, 0.1) is 33.3 Å². The third kappa shape index (κ3) is 3.87. The standard InChI is InChI=1S/C46H28N4/c1-2-13-31-27-32(22-21-29(31)11-1)45-37-17-5-8-18-39(37)47-46(48-45)50-42-26-23-30-12-3-4-14-34(30)44(42)38-25-24-33(28-43(38)50)49-40-19-9-6-15-35(40)36-16-7-10-20-41(36)49/h1-28H. The molecule has 0 radical (unpaired) electrons. The fraction of sp³-hybridized carbons (Fsp3) is 0. The van der Waals surface area contributed by atoms with Gasteiger partial charge in [0.15, 0.2) is 0 Å². The van der Waals surface area contributed by atoms with Crippen LogP contribution in [0, 0.1) is 0 Å². The van der Waals surface area contributed by atoms with E-state index in [0.717, 1.165) is 38.9 Å². The Hall–Kier alpha value is -6.78. The van der Waals surface area contributed by atoms with Crippen LogP contribution in [0.5, 0.6) is 0 Å². The van der Waals surface area contributed by atoms with Crippen molar-refractivity contribution in [1.82, 2.24) is 19.1 Å². The first-order valence-electron chi connectivity index (χ1n) is 17.0. The average Bonchev–Trinajstić information content (AvgIpc) is 3.70. The number of para-hydroxylation sites is 3. The van der Waals surface area contributed by atoms with E-state index in [4.69, 9.17) is 9.97 Å². The zero-order valence-electron chi connectivity index (χ0n) is 27.0. The number of hydrogen-bond acceptors (Lipinski definition) is 2. The van der Waals surface area contributed by atoms with E-state index < -0.39 is 0 Å². The summed E-state index contributed by atoms with van der Waals surface area (Å²) in [5.41, 5.74) is 8.51. The minimum atomic E-state index is 0.654. The summed E-state index contributed by atoms with van der Waals surface area (Å²) >= 11 is 0. The zero-order valence-corrected chi connectivity index (χ0v) is 27.0. The van der Waals surface area contributed by atoms with Crippen LogP contribution in [0.4, 0.5) is 0 Å². The van der Waals surface area contributed by atoms with Gasteiger partial charge in [-0.25, -0.2) is 9.97 Å². The Morgan fingerprint density at radius 2 is 1.00 bits per heavy atom. The Balaban J connectivity index is 1.26. The Labute approximate surface area is 287 Å². The van der Waals surface area contributed by atoms with E-state index >= 15 is 0 Å². The van der Waals surface area contributed by atoms with Crippen LogP contribution in [0.15, 0.2) is 170 Å². The van der Waals surface area contributed by atoms with E-state index in [1.165, 1.54) is 54.1 Å². The molecule has 4 heteroatoms. The molecule has 0 spiro atoms. The van der Waals surface area contributed by atoms with Gasteiger partial charge in [0, 0.05) is 38.2 Å². The van der Waals surface area contributed by atoms with Gasteiger partial charge in [0.1, 0.15) is 0 Å². The molecule has 0 N–H and O–H groups in total. The van der Waals surface area contributed by atoms with Crippen molar-refractivity contribution in [2.45, 2.75) is 0 Å². The third-order valence-corrected chi connectivity index (χ3v) is 10.3. The largest absolute Gasteiger partial charge is 0.309 e. The normalized spacial score (nSPS) is 12.0.